The summed E-state index contributed by atoms with van der Waals surface area (Å²) in [6.07, 6.45) is 2.48. The maximum absolute atomic E-state index is 12.2. The lowest BCUT2D eigenvalue weighted by Gasteiger charge is -2.58. The van der Waals surface area contributed by atoms with Crippen molar-refractivity contribution < 1.29 is 14.3 Å². The first kappa shape index (κ1) is 15.7. The molecule has 1 aromatic rings. The Morgan fingerprint density at radius 3 is 3.00 bits per heavy atom. The molecular formula is C16H23NO4S. The van der Waals surface area contributed by atoms with Gasteiger partial charge in [-0.1, -0.05) is 25.2 Å². The Balaban J connectivity index is 1.57. The first-order valence-electron chi connectivity index (χ1n) is 7.87. The second-order valence-corrected chi connectivity index (χ2v) is 7.69. The van der Waals surface area contributed by atoms with Gasteiger partial charge in [0.15, 0.2) is 0 Å². The van der Waals surface area contributed by atoms with Crippen LogP contribution in [0.1, 0.15) is 38.8 Å². The lowest BCUT2D eigenvalue weighted by molar-refractivity contribution is -0.254. The van der Waals surface area contributed by atoms with Crippen LogP contribution in [0.5, 0.6) is 0 Å². The summed E-state index contributed by atoms with van der Waals surface area (Å²) in [4.78, 5) is 23.8. The van der Waals surface area contributed by atoms with E-state index < -0.39 is 0 Å². The Kier molecular flexibility index (Phi) is 4.16. The van der Waals surface area contributed by atoms with Crippen molar-refractivity contribution in [1.82, 2.24) is 4.57 Å². The van der Waals surface area contributed by atoms with Crippen molar-refractivity contribution in [2.75, 3.05) is 6.61 Å². The van der Waals surface area contributed by atoms with E-state index in [9.17, 15) is 9.59 Å². The summed E-state index contributed by atoms with van der Waals surface area (Å²) in [6.45, 7) is 7.29. The Morgan fingerprint density at radius 2 is 2.32 bits per heavy atom. The van der Waals surface area contributed by atoms with E-state index in [0.29, 0.717) is 12.5 Å². The van der Waals surface area contributed by atoms with Crippen molar-refractivity contribution in [3.05, 3.63) is 20.7 Å². The van der Waals surface area contributed by atoms with Gasteiger partial charge in [-0.25, -0.2) is 0 Å². The summed E-state index contributed by atoms with van der Waals surface area (Å²) in [7, 11) is 0. The third-order valence-corrected chi connectivity index (χ3v) is 5.88. The van der Waals surface area contributed by atoms with Gasteiger partial charge in [-0.15, -0.1) is 0 Å². The van der Waals surface area contributed by atoms with Crippen LogP contribution < -0.4 is 4.87 Å². The Hall–Kier alpha value is -1.14. The molecule has 0 N–H and O–H groups in total. The van der Waals surface area contributed by atoms with Crippen molar-refractivity contribution in [3.63, 3.8) is 0 Å². The van der Waals surface area contributed by atoms with Gasteiger partial charge in [0, 0.05) is 35.6 Å². The van der Waals surface area contributed by atoms with Crippen LogP contribution in [0.3, 0.4) is 0 Å². The normalized spacial score (nSPS) is 29.5. The molecule has 2 fully saturated rings. The van der Waals surface area contributed by atoms with Crippen LogP contribution in [0.15, 0.2) is 10.2 Å². The van der Waals surface area contributed by atoms with Gasteiger partial charge in [0.2, 0.25) is 0 Å². The Morgan fingerprint density at radius 1 is 1.55 bits per heavy atom. The molecule has 3 rings (SSSR count). The number of nitrogens with zero attached hydrogens (tertiary/aromatic N) is 1. The maximum Gasteiger partial charge on any atom is 0.307 e. The summed E-state index contributed by atoms with van der Waals surface area (Å²) in [5.41, 5.74) is 0.781. The second-order valence-electron chi connectivity index (χ2n) is 6.87. The van der Waals surface area contributed by atoms with Gasteiger partial charge in [-0.2, -0.15) is 0 Å². The quantitative estimate of drug-likeness (QED) is 0.798. The molecule has 0 aromatic carbocycles. The molecular weight excluding hydrogens is 302 g/mol. The zero-order chi connectivity index (χ0) is 15.9. The van der Waals surface area contributed by atoms with Gasteiger partial charge in [0.25, 0.3) is 0 Å². The highest BCUT2D eigenvalue weighted by atomic mass is 32.1. The predicted octanol–water partition coefficient (Wildman–Crippen LogP) is 2.36. The number of aromatic nitrogens is 1. The monoisotopic (exact) mass is 325 g/mol. The average molecular weight is 325 g/mol. The van der Waals surface area contributed by atoms with E-state index in [1.54, 1.807) is 4.57 Å². The van der Waals surface area contributed by atoms with Crippen LogP contribution in [-0.2, 0) is 20.8 Å². The molecule has 6 heteroatoms. The van der Waals surface area contributed by atoms with Crippen LogP contribution in [-0.4, -0.2) is 29.4 Å². The minimum Gasteiger partial charge on any atom is -0.461 e. The van der Waals surface area contributed by atoms with E-state index >= 15 is 0 Å². The smallest absolute Gasteiger partial charge is 0.307 e. The number of carbonyl (C=O) groups excluding carboxylic acids is 1. The summed E-state index contributed by atoms with van der Waals surface area (Å²) in [5.74, 6) is 0.109. The lowest BCUT2D eigenvalue weighted by Crippen LogP contribution is -2.65. The van der Waals surface area contributed by atoms with Crippen molar-refractivity contribution in [3.8, 4) is 0 Å². The van der Waals surface area contributed by atoms with Crippen LogP contribution >= 0.6 is 11.3 Å². The number of hydrogen-bond acceptors (Lipinski definition) is 5. The molecule has 122 valence electrons. The van der Waals surface area contributed by atoms with E-state index in [4.69, 9.17) is 9.47 Å². The number of ether oxygens (including phenoxy) is 2. The molecule has 0 amide bonds. The fraction of sp³-hybridized carbons (Fsp3) is 0.750. The zero-order valence-electron chi connectivity index (χ0n) is 13.3. The Bertz CT molecular complexity index is 618. The molecule has 1 aliphatic carbocycles. The molecule has 1 aliphatic heterocycles. The summed E-state index contributed by atoms with van der Waals surface area (Å²) < 4.78 is 13.2. The summed E-state index contributed by atoms with van der Waals surface area (Å²) >= 11 is 1.17. The van der Waals surface area contributed by atoms with Crippen LogP contribution in [0, 0.1) is 18.3 Å². The van der Waals surface area contributed by atoms with E-state index in [-0.39, 0.29) is 34.9 Å². The summed E-state index contributed by atoms with van der Waals surface area (Å²) in [6, 6.07) is 0. The van der Waals surface area contributed by atoms with Gasteiger partial charge >= 0.3 is 10.8 Å². The minimum absolute atomic E-state index is 0.0185. The molecule has 2 heterocycles. The van der Waals surface area contributed by atoms with Gasteiger partial charge in [0.1, 0.15) is 6.10 Å². The van der Waals surface area contributed by atoms with Crippen molar-refractivity contribution >= 4 is 17.3 Å². The first-order chi connectivity index (χ1) is 10.4. The molecule has 0 spiro atoms. The number of thiazole rings is 1. The van der Waals surface area contributed by atoms with E-state index in [1.807, 2.05) is 12.3 Å². The second kappa shape index (κ2) is 5.81. The molecule has 0 bridgehead atoms. The highest BCUT2D eigenvalue weighted by Crippen LogP contribution is 2.52. The fourth-order valence-electron chi connectivity index (χ4n) is 3.79. The molecule has 5 nitrogen and oxygen atoms in total. The van der Waals surface area contributed by atoms with Crippen LogP contribution in [0.2, 0.25) is 0 Å². The molecule has 3 atom stereocenters. The van der Waals surface area contributed by atoms with Gasteiger partial charge in [0.05, 0.1) is 12.5 Å². The fourth-order valence-corrected chi connectivity index (χ4v) is 4.55. The Labute approximate surface area is 134 Å². The van der Waals surface area contributed by atoms with Gasteiger partial charge in [-0.05, 0) is 19.8 Å². The number of hydrogen-bond donors (Lipinski definition) is 0. The number of carbonyl (C=O) groups is 1. The van der Waals surface area contributed by atoms with Gasteiger partial charge in [-0.3, -0.25) is 9.59 Å². The lowest BCUT2D eigenvalue weighted by atomic mass is 9.57. The number of esters is 1. The largest absolute Gasteiger partial charge is 0.461 e. The maximum atomic E-state index is 12.2. The molecule has 0 unspecified atom stereocenters. The third kappa shape index (κ3) is 2.63. The summed E-state index contributed by atoms with van der Waals surface area (Å²) in [5, 5.41) is 1.81. The van der Waals surface area contributed by atoms with Crippen LogP contribution in [0.4, 0.5) is 0 Å². The highest BCUT2D eigenvalue weighted by Gasteiger charge is 2.60. The highest BCUT2D eigenvalue weighted by molar-refractivity contribution is 7.07. The topological polar surface area (TPSA) is 57.5 Å². The van der Waals surface area contributed by atoms with Crippen LogP contribution in [0.25, 0.3) is 0 Å². The van der Waals surface area contributed by atoms with Crippen molar-refractivity contribution in [2.45, 2.75) is 58.8 Å². The SMILES string of the molecule is Cc1csc(=O)n1CCC(=O)O[C@@H]1[C@@H]2CCCO[C@@H]2C1(C)C. The number of aryl methyl sites for hydroxylation is 1. The third-order valence-electron chi connectivity index (χ3n) is 5.00. The standard InChI is InChI=1S/C16H23NO4S/c1-10-9-22-15(19)17(10)7-6-12(18)21-14-11-5-4-8-20-13(11)16(14,2)3/h9,11,13-14H,4-8H2,1-3H3/t11-,13+,14-/m1/s1. The zero-order valence-corrected chi connectivity index (χ0v) is 14.1. The number of fused-ring (bicyclic) bond motifs is 1. The molecule has 0 radical (unpaired) electrons. The number of rotatable bonds is 4. The predicted molar refractivity (Wildman–Crippen MR) is 84.1 cm³/mol. The van der Waals surface area contributed by atoms with Crippen molar-refractivity contribution in [2.24, 2.45) is 11.3 Å². The van der Waals surface area contributed by atoms with E-state index in [1.165, 1.54) is 11.3 Å². The molecule has 22 heavy (non-hydrogen) atoms. The van der Waals surface area contributed by atoms with E-state index in [0.717, 1.165) is 25.1 Å². The average Bonchev–Trinajstić information content (AvgIpc) is 2.81. The molecule has 1 saturated heterocycles. The van der Waals surface area contributed by atoms with Gasteiger partial charge < -0.3 is 14.0 Å². The molecule has 2 aliphatic rings. The minimum atomic E-state index is -0.223. The molecule has 1 saturated carbocycles. The first-order valence-corrected chi connectivity index (χ1v) is 8.75. The molecule has 1 aromatic heterocycles. The van der Waals surface area contributed by atoms with E-state index in [2.05, 4.69) is 13.8 Å². The van der Waals surface area contributed by atoms with Crippen molar-refractivity contribution in [1.29, 1.82) is 0 Å².